The predicted octanol–water partition coefficient (Wildman–Crippen LogP) is 13.5. The van der Waals surface area contributed by atoms with E-state index in [1.54, 1.807) is 0 Å². The summed E-state index contributed by atoms with van der Waals surface area (Å²) in [5, 5.41) is 0. The maximum atomic E-state index is 12.6. The third-order valence-corrected chi connectivity index (χ3v) is 8.71. The van der Waals surface area contributed by atoms with Crippen LogP contribution in [0.25, 0.3) is 0 Å². The first-order valence-corrected chi connectivity index (χ1v) is 21.4. The van der Waals surface area contributed by atoms with Gasteiger partial charge in [0.05, 0.1) is 0 Å². The van der Waals surface area contributed by atoms with Gasteiger partial charge in [-0.15, -0.1) is 0 Å². The smallest absolute Gasteiger partial charge is 0.306 e. The van der Waals surface area contributed by atoms with Crippen molar-refractivity contribution in [3.63, 3.8) is 0 Å². The van der Waals surface area contributed by atoms with E-state index in [1.807, 2.05) is 0 Å². The Kier molecular flexibility index (Phi) is 39.1. The number of allylic oxidation sites excluding steroid dienone is 12. The molecule has 0 heterocycles. The lowest BCUT2D eigenvalue weighted by atomic mass is 10.1. The van der Waals surface area contributed by atoms with Crippen LogP contribution in [0.2, 0.25) is 0 Å². The van der Waals surface area contributed by atoms with Crippen LogP contribution in [0.4, 0.5) is 0 Å². The van der Waals surface area contributed by atoms with Gasteiger partial charge in [-0.2, -0.15) is 0 Å². The van der Waals surface area contributed by atoms with Crippen molar-refractivity contribution < 1.29 is 28.6 Å². The van der Waals surface area contributed by atoms with Crippen molar-refractivity contribution in [1.82, 2.24) is 0 Å². The van der Waals surface area contributed by atoms with Crippen LogP contribution in [0.5, 0.6) is 0 Å². The summed E-state index contributed by atoms with van der Waals surface area (Å²) >= 11 is 0. The minimum atomic E-state index is -0.796. The van der Waals surface area contributed by atoms with Gasteiger partial charge in [-0.25, -0.2) is 0 Å². The Hall–Kier alpha value is -3.15. The zero-order valence-electron chi connectivity index (χ0n) is 34.3. The molecule has 0 N–H and O–H groups in total. The highest BCUT2D eigenvalue weighted by Gasteiger charge is 2.19. The van der Waals surface area contributed by atoms with Gasteiger partial charge in [0.2, 0.25) is 0 Å². The fraction of sp³-hybridized carbons (Fsp3) is 0.681. The van der Waals surface area contributed by atoms with Gasteiger partial charge in [0, 0.05) is 19.3 Å². The number of carbonyl (C=O) groups excluding carboxylic acids is 3. The first-order valence-electron chi connectivity index (χ1n) is 21.4. The molecule has 1 unspecified atom stereocenters. The van der Waals surface area contributed by atoms with Crippen LogP contribution >= 0.6 is 0 Å². The second-order valence-corrected chi connectivity index (χ2v) is 13.8. The molecule has 0 bridgehead atoms. The molecule has 0 saturated carbocycles. The summed E-state index contributed by atoms with van der Waals surface area (Å²) in [6.07, 6.45) is 50.4. The zero-order chi connectivity index (χ0) is 38.7. The molecule has 0 radical (unpaired) electrons. The lowest BCUT2D eigenvalue weighted by Gasteiger charge is -2.18. The monoisotopic (exact) mass is 739 g/mol. The standard InChI is InChI=1S/C47H78O6/c1-4-7-10-13-16-19-21-22-23-24-25-26-29-31-34-37-40-46(49)52-43-44(42-51-45(48)39-36-33-30-27-18-15-12-9-6-3)53-47(50)41-38-35-32-28-20-17-14-11-8-5-2/h7,9-10,12,16,18-19,22-23,25-27,44H,4-6,8,11,13-15,17,20-21,24,28-43H2,1-3H3/b10-7-,12-9-,19-16-,23-22-,26-25-,27-18-. The number of carbonyl (C=O) groups is 3. The van der Waals surface area contributed by atoms with Crippen molar-refractivity contribution in [2.24, 2.45) is 0 Å². The first-order chi connectivity index (χ1) is 26.0. The van der Waals surface area contributed by atoms with Crippen LogP contribution in [0.1, 0.15) is 188 Å². The third-order valence-electron chi connectivity index (χ3n) is 8.71. The lowest BCUT2D eigenvalue weighted by molar-refractivity contribution is -0.167. The van der Waals surface area contributed by atoms with Crippen LogP contribution in [-0.2, 0) is 28.6 Å². The van der Waals surface area contributed by atoms with Crippen molar-refractivity contribution in [3.05, 3.63) is 72.9 Å². The topological polar surface area (TPSA) is 78.9 Å². The highest BCUT2D eigenvalue weighted by molar-refractivity contribution is 5.71. The van der Waals surface area contributed by atoms with Crippen LogP contribution in [0, 0.1) is 0 Å². The highest BCUT2D eigenvalue weighted by atomic mass is 16.6. The molecule has 0 aromatic carbocycles. The summed E-state index contributed by atoms with van der Waals surface area (Å²) in [4.78, 5) is 37.5. The van der Waals surface area contributed by atoms with Gasteiger partial charge in [0.15, 0.2) is 6.10 Å². The van der Waals surface area contributed by atoms with Crippen molar-refractivity contribution in [1.29, 1.82) is 0 Å². The van der Waals surface area contributed by atoms with E-state index in [4.69, 9.17) is 14.2 Å². The minimum Gasteiger partial charge on any atom is -0.462 e. The van der Waals surface area contributed by atoms with E-state index in [2.05, 4.69) is 93.7 Å². The molecule has 302 valence electrons. The average molecular weight is 739 g/mol. The Morgan fingerprint density at radius 2 is 0.736 bits per heavy atom. The molecule has 0 rings (SSSR count). The van der Waals surface area contributed by atoms with Gasteiger partial charge >= 0.3 is 17.9 Å². The molecule has 0 aromatic heterocycles. The second-order valence-electron chi connectivity index (χ2n) is 13.8. The molecule has 0 aliphatic rings. The maximum absolute atomic E-state index is 12.6. The van der Waals surface area contributed by atoms with Crippen LogP contribution in [-0.4, -0.2) is 37.2 Å². The lowest BCUT2D eigenvalue weighted by Crippen LogP contribution is -2.30. The normalized spacial score (nSPS) is 12.7. The fourth-order valence-corrected chi connectivity index (χ4v) is 5.53. The summed E-state index contributed by atoms with van der Waals surface area (Å²) in [6, 6.07) is 0. The van der Waals surface area contributed by atoms with Gasteiger partial charge in [0.25, 0.3) is 0 Å². The molecule has 6 heteroatoms. The quantitative estimate of drug-likeness (QED) is 0.0273. The van der Waals surface area contributed by atoms with Crippen molar-refractivity contribution in [2.45, 2.75) is 194 Å². The molecule has 0 fully saturated rings. The minimum absolute atomic E-state index is 0.102. The molecule has 0 aromatic rings. The zero-order valence-corrected chi connectivity index (χ0v) is 34.3. The van der Waals surface area contributed by atoms with E-state index < -0.39 is 6.10 Å². The van der Waals surface area contributed by atoms with E-state index in [9.17, 15) is 14.4 Å². The second kappa shape index (κ2) is 41.6. The van der Waals surface area contributed by atoms with E-state index >= 15 is 0 Å². The predicted molar refractivity (Wildman–Crippen MR) is 224 cm³/mol. The van der Waals surface area contributed by atoms with Gasteiger partial charge in [-0.3, -0.25) is 14.4 Å². The molecular weight excluding hydrogens is 661 g/mol. The Morgan fingerprint density at radius 3 is 1.19 bits per heavy atom. The number of hydrogen-bond acceptors (Lipinski definition) is 6. The molecule has 6 nitrogen and oxygen atoms in total. The number of esters is 3. The Labute approximate surface area is 325 Å². The van der Waals surface area contributed by atoms with Crippen molar-refractivity contribution in [2.75, 3.05) is 13.2 Å². The summed E-state index contributed by atoms with van der Waals surface area (Å²) < 4.78 is 16.6. The summed E-state index contributed by atoms with van der Waals surface area (Å²) in [7, 11) is 0. The van der Waals surface area contributed by atoms with Crippen LogP contribution in [0.3, 0.4) is 0 Å². The largest absolute Gasteiger partial charge is 0.462 e. The van der Waals surface area contributed by atoms with E-state index in [1.165, 1.54) is 44.9 Å². The molecule has 0 saturated heterocycles. The van der Waals surface area contributed by atoms with Gasteiger partial charge in [0.1, 0.15) is 13.2 Å². The van der Waals surface area contributed by atoms with E-state index in [-0.39, 0.29) is 31.1 Å². The van der Waals surface area contributed by atoms with Crippen LogP contribution < -0.4 is 0 Å². The van der Waals surface area contributed by atoms with Crippen LogP contribution in [0.15, 0.2) is 72.9 Å². The first kappa shape index (κ1) is 49.9. The molecule has 0 aliphatic carbocycles. The molecule has 0 spiro atoms. The van der Waals surface area contributed by atoms with Crippen molar-refractivity contribution in [3.8, 4) is 0 Å². The Balaban J connectivity index is 4.43. The SMILES string of the molecule is CC/C=C\C/C=C\C/C=C\C/C=C\CCCCCC(=O)OCC(COC(=O)CCCC/C=C\C/C=C\CC)OC(=O)CCCCCCCCCCCC. The molecule has 53 heavy (non-hydrogen) atoms. The Bertz CT molecular complexity index is 1030. The van der Waals surface area contributed by atoms with Crippen molar-refractivity contribution >= 4 is 17.9 Å². The van der Waals surface area contributed by atoms with Gasteiger partial charge < -0.3 is 14.2 Å². The van der Waals surface area contributed by atoms with Gasteiger partial charge in [-0.05, 0) is 83.5 Å². The third kappa shape index (κ3) is 39.9. The van der Waals surface area contributed by atoms with Gasteiger partial charge in [-0.1, -0.05) is 158 Å². The summed E-state index contributed by atoms with van der Waals surface area (Å²) in [6.45, 7) is 6.30. The molecule has 1 atom stereocenters. The summed E-state index contributed by atoms with van der Waals surface area (Å²) in [5.41, 5.74) is 0. The number of unbranched alkanes of at least 4 members (excludes halogenated alkanes) is 14. The maximum Gasteiger partial charge on any atom is 0.306 e. The fourth-order valence-electron chi connectivity index (χ4n) is 5.53. The number of ether oxygens (including phenoxy) is 3. The molecular formula is C47H78O6. The highest BCUT2D eigenvalue weighted by Crippen LogP contribution is 2.13. The average Bonchev–Trinajstić information content (AvgIpc) is 3.15. The molecule has 0 amide bonds. The molecule has 0 aliphatic heterocycles. The Morgan fingerprint density at radius 1 is 0.396 bits per heavy atom. The van der Waals surface area contributed by atoms with E-state index in [0.29, 0.717) is 19.3 Å². The summed E-state index contributed by atoms with van der Waals surface area (Å²) in [5.74, 6) is -0.977. The number of hydrogen-bond donors (Lipinski definition) is 0. The number of rotatable bonds is 37. The van der Waals surface area contributed by atoms with E-state index in [0.717, 1.165) is 103 Å².